The van der Waals surface area contributed by atoms with Crippen molar-refractivity contribution in [1.29, 1.82) is 0 Å². The van der Waals surface area contributed by atoms with Crippen molar-refractivity contribution >= 4 is 0 Å². The highest BCUT2D eigenvalue weighted by Crippen LogP contribution is 2.26. The number of aryl methyl sites for hydroxylation is 1. The summed E-state index contributed by atoms with van der Waals surface area (Å²) in [6.45, 7) is 7.46. The number of hydrogen-bond donors (Lipinski definition) is 0. The van der Waals surface area contributed by atoms with Crippen molar-refractivity contribution in [2.45, 2.75) is 13.5 Å². The lowest BCUT2D eigenvalue weighted by molar-refractivity contribution is 0.148. The van der Waals surface area contributed by atoms with Crippen LogP contribution >= 0.6 is 0 Å². The summed E-state index contributed by atoms with van der Waals surface area (Å²) in [5, 5.41) is 8.71. The maximum absolute atomic E-state index is 5.85. The summed E-state index contributed by atoms with van der Waals surface area (Å²) in [5.74, 6) is 0.684. The largest absolute Gasteiger partial charge is 0.424 e. The minimum Gasteiger partial charge on any atom is -0.424 e. The highest BCUT2D eigenvalue weighted by atomic mass is 16.5. The summed E-state index contributed by atoms with van der Waals surface area (Å²) in [6, 6.07) is 16.6. The van der Waals surface area contributed by atoms with Gasteiger partial charge in [0.05, 0.1) is 11.9 Å². The first-order chi connectivity index (χ1) is 16.1. The lowest BCUT2D eigenvalue weighted by Crippen LogP contribution is -2.43. The van der Waals surface area contributed by atoms with Crippen molar-refractivity contribution in [1.82, 2.24) is 34.8 Å². The van der Waals surface area contributed by atoms with Crippen LogP contribution in [0.5, 0.6) is 11.8 Å². The van der Waals surface area contributed by atoms with E-state index in [-0.39, 0.29) is 0 Å². The quantitative estimate of drug-likeness (QED) is 0.453. The first-order valence-corrected chi connectivity index (χ1v) is 11.1. The van der Waals surface area contributed by atoms with Crippen LogP contribution in [-0.4, -0.2) is 68.0 Å². The standard InChI is InChI=1S/C25H27N7O/c1-19-4-9-22(16-24(19)33-25-26-10-3-11-27-25)32-18-23(28-29-32)21-7-5-20(6-8-21)17-31-14-12-30(2)13-15-31/h3-11,16,18H,12-15,17H2,1-2H3. The summed E-state index contributed by atoms with van der Waals surface area (Å²) in [7, 11) is 2.18. The van der Waals surface area contributed by atoms with Crippen molar-refractivity contribution in [3.8, 4) is 28.7 Å². The number of likely N-dealkylation sites (N-methyl/N-ethyl adjacent to an activating group) is 1. The van der Waals surface area contributed by atoms with E-state index in [1.165, 1.54) is 5.56 Å². The summed E-state index contributed by atoms with van der Waals surface area (Å²) in [5.41, 5.74) is 5.04. The number of aromatic nitrogens is 5. The Morgan fingerprint density at radius 2 is 1.70 bits per heavy atom. The average Bonchev–Trinajstić information content (AvgIpc) is 3.33. The van der Waals surface area contributed by atoms with E-state index in [0.717, 1.165) is 55.2 Å². The van der Waals surface area contributed by atoms with E-state index in [2.05, 4.69) is 61.4 Å². The van der Waals surface area contributed by atoms with Gasteiger partial charge in [0, 0.05) is 56.7 Å². The van der Waals surface area contributed by atoms with Crippen LogP contribution < -0.4 is 4.74 Å². The molecule has 1 fully saturated rings. The molecule has 2 aromatic carbocycles. The number of benzene rings is 2. The second-order valence-electron chi connectivity index (χ2n) is 8.41. The van der Waals surface area contributed by atoms with E-state index in [9.17, 15) is 0 Å². The summed E-state index contributed by atoms with van der Waals surface area (Å²) in [4.78, 5) is 13.1. The Kier molecular flexibility index (Phi) is 6.10. The molecule has 3 heterocycles. The highest BCUT2D eigenvalue weighted by molar-refractivity contribution is 5.59. The Morgan fingerprint density at radius 3 is 2.45 bits per heavy atom. The number of ether oxygens (including phenoxy) is 1. The molecular formula is C25H27N7O. The Labute approximate surface area is 193 Å². The predicted molar refractivity (Wildman–Crippen MR) is 126 cm³/mol. The zero-order chi connectivity index (χ0) is 22.6. The van der Waals surface area contributed by atoms with Crippen molar-refractivity contribution in [2.24, 2.45) is 0 Å². The first-order valence-electron chi connectivity index (χ1n) is 11.1. The molecule has 8 nitrogen and oxygen atoms in total. The minimum absolute atomic E-state index is 0.314. The third-order valence-corrected chi connectivity index (χ3v) is 5.92. The molecule has 5 rings (SSSR count). The lowest BCUT2D eigenvalue weighted by atomic mass is 10.1. The van der Waals surface area contributed by atoms with Crippen molar-refractivity contribution in [2.75, 3.05) is 33.2 Å². The summed E-state index contributed by atoms with van der Waals surface area (Å²) in [6.07, 6.45) is 5.24. The van der Waals surface area contributed by atoms with E-state index < -0.39 is 0 Å². The van der Waals surface area contributed by atoms with Crippen molar-refractivity contribution in [3.63, 3.8) is 0 Å². The molecule has 1 aliphatic rings. The van der Waals surface area contributed by atoms with Gasteiger partial charge in [-0.3, -0.25) is 4.90 Å². The molecule has 0 amide bonds. The smallest absolute Gasteiger partial charge is 0.321 e. The second kappa shape index (κ2) is 9.48. The number of rotatable bonds is 6. The van der Waals surface area contributed by atoms with E-state index in [4.69, 9.17) is 4.74 Å². The van der Waals surface area contributed by atoms with Gasteiger partial charge in [-0.05, 0) is 37.2 Å². The monoisotopic (exact) mass is 441 g/mol. The van der Waals surface area contributed by atoms with Gasteiger partial charge in [0.25, 0.3) is 0 Å². The molecule has 0 unspecified atom stereocenters. The van der Waals surface area contributed by atoms with Crippen LogP contribution in [0.3, 0.4) is 0 Å². The van der Waals surface area contributed by atoms with E-state index >= 15 is 0 Å². The molecule has 4 aromatic rings. The molecule has 1 saturated heterocycles. The maximum Gasteiger partial charge on any atom is 0.321 e. The molecule has 33 heavy (non-hydrogen) atoms. The van der Waals surface area contributed by atoms with Crippen LogP contribution in [0.4, 0.5) is 0 Å². The van der Waals surface area contributed by atoms with Gasteiger partial charge in [0.2, 0.25) is 0 Å². The fourth-order valence-electron chi connectivity index (χ4n) is 3.85. The third kappa shape index (κ3) is 5.08. The third-order valence-electron chi connectivity index (χ3n) is 5.92. The van der Waals surface area contributed by atoms with E-state index in [1.807, 2.05) is 31.3 Å². The molecule has 168 valence electrons. The molecule has 0 spiro atoms. The molecule has 0 N–H and O–H groups in total. The molecule has 0 bridgehead atoms. The Morgan fingerprint density at radius 1 is 0.939 bits per heavy atom. The molecule has 1 aliphatic heterocycles. The molecule has 0 aliphatic carbocycles. The topological polar surface area (TPSA) is 72.2 Å². The highest BCUT2D eigenvalue weighted by Gasteiger charge is 2.14. The normalized spacial score (nSPS) is 15.0. The van der Waals surface area contributed by atoms with Gasteiger partial charge in [-0.1, -0.05) is 35.5 Å². The molecular weight excluding hydrogens is 414 g/mol. The van der Waals surface area contributed by atoms with E-state index in [1.54, 1.807) is 23.1 Å². The van der Waals surface area contributed by atoms with Crippen LogP contribution in [0.2, 0.25) is 0 Å². The van der Waals surface area contributed by atoms with Gasteiger partial charge in [0.1, 0.15) is 11.4 Å². The number of hydrogen-bond acceptors (Lipinski definition) is 7. The van der Waals surface area contributed by atoms with Crippen LogP contribution in [0.1, 0.15) is 11.1 Å². The van der Waals surface area contributed by atoms with E-state index in [0.29, 0.717) is 11.8 Å². The molecule has 0 atom stereocenters. The Balaban J connectivity index is 1.29. The Bertz CT molecular complexity index is 1200. The number of nitrogens with zero attached hydrogens (tertiary/aromatic N) is 7. The first kappa shape index (κ1) is 21.2. The van der Waals surface area contributed by atoms with Gasteiger partial charge in [-0.15, -0.1) is 5.10 Å². The summed E-state index contributed by atoms with van der Waals surface area (Å²) < 4.78 is 7.61. The van der Waals surface area contributed by atoms with Gasteiger partial charge in [-0.25, -0.2) is 14.6 Å². The van der Waals surface area contributed by atoms with Gasteiger partial charge < -0.3 is 9.64 Å². The van der Waals surface area contributed by atoms with Crippen LogP contribution in [0.15, 0.2) is 67.1 Å². The fourth-order valence-corrected chi connectivity index (χ4v) is 3.85. The van der Waals surface area contributed by atoms with Crippen molar-refractivity contribution in [3.05, 3.63) is 78.2 Å². The minimum atomic E-state index is 0.314. The molecule has 2 aromatic heterocycles. The van der Waals surface area contributed by atoms with Gasteiger partial charge >= 0.3 is 6.01 Å². The second-order valence-corrected chi connectivity index (χ2v) is 8.41. The molecule has 0 saturated carbocycles. The molecule has 8 heteroatoms. The zero-order valence-electron chi connectivity index (χ0n) is 18.9. The van der Waals surface area contributed by atoms with Gasteiger partial charge in [0.15, 0.2) is 0 Å². The fraction of sp³-hybridized carbons (Fsp3) is 0.280. The van der Waals surface area contributed by atoms with Gasteiger partial charge in [-0.2, -0.15) is 0 Å². The van der Waals surface area contributed by atoms with Crippen molar-refractivity contribution < 1.29 is 4.74 Å². The zero-order valence-corrected chi connectivity index (χ0v) is 18.9. The molecule has 0 radical (unpaired) electrons. The SMILES string of the molecule is Cc1ccc(-n2cc(-c3ccc(CN4CCN(C)CC4)cc3)nn2)cc1Oc1ncccn1. The lowest BCUT2D eigenvalue weighted by Gasteiger charge is -2.32. The predicted octanol–water partition coefficient (Wildman–Crippen LogP) is 3.57. The summed E-state index contributed by atoms with van der Waals surface area (Å²) >= 11 is 0. The van der Waals surface area contributed by atoms with Crippen LogP contribution in [0, 0.1) is 6.92 Å². The number of piperazine rings is 1. The maximum atomic E-state index is 5.85. The average molecular weight is 442 g/mol. The Hall–Kier alpha value is -3.62. The van der Waals surface area contributed by atoms with Crippen LogP contribution in [-0.2, 0) is 6.54 Å². The van der Waals surface area contributed by atoms with Crippen LogP contribution in [0.25, 0.3) is 16.9 Å².